The molecular formula is C28H35FN6O2. The molecule has 2 heterocycles. The van der Waals surface area contributed by atoms with Gasteiger partial charge >= 0.3 is 0 Å². The lowest BCUT2D eigenvalue weighted by Crippen LogP contribution is -2.58. The first-order chi connectivity index (χ1) is 17.5. The van der Waals surface area contributed by atoms with E-state index in [0.717, 1.165) is 16.9 Å². The topological polar surface area (TPSA) is 78.7 Å². The van der Waals surface area contributed by atoms with Crippen LogP contribution in [-0.4, -0.2) is 45.7 Å². The Morgan fingerprint density at radius 1 is 1.24 bits per heavy atom. The van der Waals surface area contributed by atoms with Crippen molar-refractivity contribution >= 4 is 23.3 Å². The van der Waals surface area contributed by atoms with Gasteiger partial charge in [-0.05, 0) is 45.4 Å². The molecule has 0 unspecified atom stereocenters. The highest BCUT2D eigenvalue weighted by atomic mass is 19.1. The Morgan fingerprint density at radius 2 is 1.95 bits per heavy atom. The summed E-state index contributed by atoms with van der Waals surface area (Å²) < 4.78 is 22.7. The van der Waals surface area contributed by atoms with Gasteiger partial charge in [-0.15, -0.1) is 5.10 Å². The summed E-state index contributed by atoms with van der Waals surface area (Å²) in [6, 6.07) is 14.8. The molecule has 1 aromatic heterocycles. The molecule has 9 heteroatoms. The fraction of sp³-hybridized carbons (Fsp3) is 0.357. The SMILES string of the molecule is C=CN(C=C(C)C)c1ccc(Nc2nc(N3CC(F)(c4ccccc4)C3)n(CC(C)(C)O)n2)cc1OC. The minimum atomic E-state index is -1.45. The summed E-state index contributed by atoms with van der Waals surface area (Å²) in [5.74, 6) is 1.49. The molecule has 0 spiro atoms. The van der Waals surface area contributed by atoms with Gasteiger partial charge in [-0.3, -0.25) is 0 Å². The summed E-state index contributed by atoms with van der Waals surface area (Å²) in [4.78, 5) is 8.38. The Bertz CT molecular complexity index is 1270. The van der Waals surface area contributed by atoms with E-state index in [-0.39, 0.29) is 19.6 Å². The lowest BCUT2D eigenvalue weighted by atomic mass is 9.88. The van der Waals surface area contributed by atoms with Crippen molar-refractivity contribution in [1.29, 1.82) is 0 Å². The molecule has 4 rings (SSSR count). The number of alkyl halides is 1. The second-order valence-electron chi connectivity index (χ2n) is 10.2. The number of nitrogens with one attached hydrogen (secondary N) is 1. The van der Waals surface area contributed by atoms with Crippen molar-refractivity contribution in [2.24, 2.45) is 0 Å². The summed E-state index contributed by atoms with van der Waals surface area (Å²) in [5.41, 5.74) is 0.848. The van der Waals surface area contributed by atoms with Gasteiger partial charge in [0.05, 0.1) is 38.0 Å². The van der Waals surface area contributed by atoms with E-state index in [2.05, 4.69) is 22.0 Å². The van der Waals surface area contributed by atoms with Crippen LogP contribution in [0.1, 0.15) is 33.3 Å². The van der Waals surface area contributed by atoms with Gasteiger partial charge in [0.25, 0.3) is 0 Å². The minimum Gasteiger partial charge on any atom is -0.494 e. The lowest BCUT2D eigenvalue weighted by molar-refractivity contribution is 0.0568. The first-order valence-electron chi connectivity index (χ1n) is 12.2. The Balaban J connectivity index is 1.59. The van der Waals surface area contributed by atoms with Gasteiger partial charge in [-0.1, -0.05) is 42.5 Å². The molecule has 0 atom stereocenters. The molecule has 0 saturated carbocycles. The van der Waals surface area contributed by atoms with Gasteiger partial charge in [-0.2, -0.15) is 4.98 Å². The van der Waals surface area contributed by atoms with Crippen LogP contribution in [-0.2, 0) is 12.2 Å². The maximum absolute atomic E-state index is 15.5. The fourth-order valence-electron chi connectivity index (χ4n) is 4.31. The highest BCUT2D eigenvalue weighted by Gasteiger charge is 2.47. The van der Waals surface area contributed by atoms with Gasteiger partial charge in [0.1, 0.15) is 5.75 Å². The van der Waals surface area contributed by atoms with Gasteiger partial charge in [0, 0.05) is 24.2 Å². The number of hydrogen-bond acceptors (Lipinski definition) is 7. The molecule has 1 aliphatic heterocycles. The van der Waals surface area contributed by atoms with Crippen LogP contribution < -0.4 is 19.9 Å². The normalized spacial score (nSPS) is 14.5. The molecule has 2 aromatic carbocycles. The van der Waals surface area contributed by atoms with Gasteiger partial charge in [0.2, 0.25) is 11.9 Å². The Hall–Kier alpha value is -3.85. The van der Waals surface area contributed by atoms with Gasteiger partial charge in [0.15, 0.2) is 5.67 Å². The highest BCUT2D eigenvalue weighted by molar-refractivity contribution is 5.69. The van der Waals surface area contributed by atoms with E-state index in [1.165, 1.54) is 0 Å². The summed E-state index contributed by atoms with van der Waals surface area (Å²) in [5, 5.41) is 18.2. The molecule has 1 fully saturated rings. The lowest BCUT2D eigenvalue weighted by Gasteiger charge is -2.45. The van der Waals surface area contributed by atoms with Crippen LogP contribution >= 0.6 is 0 Å². The van der Waals surface area contributed by atoms with Crippen LogP contribution in [0.4, 0.5) is 27.7 Å². The molecule has 1 aliphatic rings. The Kier molecular flexibility index (Phi) is 7.27. The van der Waals surface area contributed by atoms with E-state index >= 15 is 4.39 Å². The molecule has 37 heavy (non-hydrogen) atoms. The van der Waals surface area contributed by atoms with E-state index in [9.17, 15) is 5.11 Å². The van der Waals surface area contributed by atoms with Crippen LogP contribution in [0.25, 0.3) is 0 Å². The summed E-state index contributed by atoms with van der Waals surface area (Å²) >= 11 is 0. The summed E-state index contributed by atoms with van der Waals surface area (Å²) in [7, 11) is 1.61. The largest absolute Gasteiger partial charge is 0.494 e. The van der Waals surface area contributed by atoms with Crippen LogP contribution in [0.3, 0.4) is 0 Å². The summed E-state index contributed by atoms with van der Waals surface area (Å²) in [6.07, 6.45) is 3.69. The molecule has 2 N–H and O–H groups in total. The maximum Gasteiger partial charge on any atom is 0.248 e. The standard InChI is InChI=1S/C28H35FN6O2/c1-7-33(16-20(2)3)23-14-13-22(15-24(23)37-6)30-25-31-26(35(32-25)17-27(4,5)36)34-18-28(29,19-34)21-11-9-8-10-12-21/h7-16,36H,1,17-19H2,2-6H3,(H,30,32). The second-order valence-corrected chi connectivity index (χ2v) is 10.2. The number of nitrogens with zero attached hydrogens (tertiary/aromatic N) is 5. The third-order valence-corrected chi connectivity index (χ3v) is 5.95. The Labute approximate surface area is 217 Å². The molecule has 0 radical (unpaired) electrons. The number of rotatable bonds is 10. The first-order valence-corrected chi connectivity index (χ1v) is 12.2. The second kappa shape index (κ2) is 10.3. The molecule has 196 valence electrons. The highest BCUT2D eigenvalue weighted by Crippen LogP contribution is 2.39. The maximum atomic E-state index is 15.5. The molecule has 0 aliphatic carbocycles. The van der Waals surface area contributed by atoms with Crippen LogP contribution in [0.5, 0.6) is 5.75 Å². The molecule has 0 amide bonds. The number of benzene rings is 2. The zero-order valence-corrected chi connectivity index (χ0v) is 22.1. The zero-order chi connectivity index (χ0) is 26.8. The number of aromatic nitrogens is 3. The van der Waals surface area contributed by atoms with Crippen LogP contribution in [0, 0.1) is 0 Å². The predicted octanol–water partition coefficient (Wildman–Crippen LogP) is 5.36. The number of anilines is 4. The minimum absolute atomic E-state index is 0.158. The fourth-order valence-corrected chi connectivity index (χ4v) is 4.31. The smallest absolute Gasteiger partial charge is 0.248 e. The van der Waals surface area contributed by atoms with Gasteiger partial charge < -0.3 is 25.0 Å². The van der Waals surface area contributed by atoms with Crippen LogP contribution in [0.2, 0.25) is 0 Å². The van der Waals surface area contributed by atoms with E-state index in [0.29, 0.717) is 23.2 Å². The van der Waals surface area contributed by atoms with Crippen molar-refractivity contribution in [3.05, 3.63) is 78.6 Å². The van der Waals surface area contributed by atoms with Gasteiger partial charge in [-0.25, -0.2) is 9.07 Å². The van der Waals surface area contributed by atoms with Crippen molar-refractivity contribution in [3.63, 3.8) is 0 Å². The number of allylic oxidation sites excluding steroid dienone is 1. The predicted molar refractivity (Wildman–Crippen MR) is 146 cm³/mol. The third kappa shape index (κ3) is 5.94. The molecular weight excluding hydrogens is 471 g/mol. The van der Waals surface area contributed by atoms with Crippen molar-refractivity contribution in [3.8, 4) is 5.75 Å². The van der Waals surface area contributed by atoms with Crippen molar-refractivity contribution in [2.75, 3.05) is 35.3 Å². The van der Waals surface area contributed by atoms with Crippen LogP contribution in [0.15, 0.2) is 73.1 Å². The third-order valence-electron chi connectivity index (χ3n) is 5.95. The van der Waals surface area contributed by atoms with Crippen molar-refractivity contribution in [1.82, 2.24) is 14.8 Å². The number of halogens is 1. The molecule has 1 saturated heterocycles. The average Bonchev–Trinajstić information content (AvgIpc) is 3.20. The number of aliphatic hydroxyl groups is 1. The molecule has 8 nitrogen and oxygen atoms in total. The van der Waals surface area contributed by atoms with Crippen molar-refractivity contribution in [2.45, 2.75) is 45.5 Å². The zero-order valence-electron chi connectivity index (χ0n) is 22.1. The Morgan fingerprint density at radius 3 is 2.54 bits per heavy atom. The first kappa shape index (κ1) is 26.2. The van der Waals surface area contributed by atoms with E-state index in [4.69, 9.17) is 4.74 Å². The van der Waals surface area contributed by atoms with E-state index < -0.39 is 11.3 Å². The quantitative estimate of drug-likeness (QED) is 0.383. The molecule has 3 aromatic rings. The number of ether oxygens (including phenoxy) is 1. The van der Waals surface area contributed by atoms with Crippen molar-refractivity contribution < 1.29 is 14.2 Å². The average molecular weight is 507 g/mol. The summed E-state index contributed by atoms with van der Waals surface area (Å²) in [6.45, 7) is 11.8. The monoisotopic (exact) mass is 506 g/mol. The number of methoxy groups -OCH3 is 1. The number of hydrogen-bond donors (Lipinski definition) is 2. The molecule has 0 bridgehead atoms. The van der Waals surface area contributed by atoms with E-state index in [1.807, 2.05) is 66.2 Å². The van der Waals surface area contributed by atoms with E-state index in [1.54, 1.807) is 44.0 Å².